The summed E-state index contributed by atoms with van der Waals surface area (Å²) in [5.74, 6) is 1.15. The smallest absolute Gasteiger partial charge is 0.173 e. The molecule has 1 aliphatic rings. The zero-order valence-electron chi connectivity index (χ0n) is 21.4. The molecule has 0 spiro atoms. The predicted molar refractivity (Wildman–Crippen MR) is 140 cm³/mol. The van der Waals surface area contributed by atoms with Crippen molar-refractivity contribution in [2.75, 3.05) is 26.4 Å². The molecule has 0 saturated heterocycles. The molecular formula is C28H41NO4S. The molecule has 2 aromatic rings. The van der Waals surface area contributed by atoms with E-state index in [1.807, 2.05) is 13.8 Å². The molecular weight excluding hydrogens is 446 g/mol. The minimum absolute atomic E-state index is 0.103. The Hall–Kier alpha value is -1.73. The van der Waals surface area contributed by atoms with Gasteiger partial charge in [0, 0.05) is 17.8 Å². The van der Waals surface area contributed by atoms with Crippen LogP contribution in [0, 0.1) is 19.3 Å². The molecule has 0 radical (unpaired) electrons. The molecule has 3 N–H and O–H groups in total. The molecule has 34 heavy (non-hydrogen) atoms. The first-order chi connectivity index (χ1) is 16.2. The van der Waals surface area contributed by atoms with E-state index in [-0.39, 0.29) is 25.0 Å². The molecule has 0 aliphatic heterocycles. The predicted octanol–water partition coefficient (Wildman–Crippen LogP) is 4.58. The van der Waals surface area contributed by atoms with E-state index in [0.717, 1.165) is 59.4 Å². The van der Waals surface area contributed by atoms with Gasteiger partial charge in [-0.3, -0.25) is 4.79 Å². The fraction of sp³-hybridized carbons (Fsp3) is 0.607. The van der Waals surface area contributed by atoms with Crippen LogP contribution in [0.4, 0.5) is 0 Å². The van der Waals surface area contributed by atoms with Gasteiger partial charge in [-0.05, 0) is 79.2 Å². The van der Waals surface area contributed by atoms with E-state index in [0.29, 0.717) is 25.0 Å². The second-order valence-electron chi connectivity index (χ2n) is 10.4. The third-order valence-electron chi connectivity index (χ3n) is 6.86. The standard InChI is InChI=1S/C28H41NO4S/c1-6-25-23-15-28(4,5)10-9-22(23)27(34-25)24(32)8-7-20-13-18(2)26(19(3)14-20)33-12-11-29-21(16-30)17-31/h13-14,21,29-31H,6-12,15-17H2,1-5H3. The third-order valence-corrected chi connectivity index (χ3v) is 8.32. The number of rotatable bonds is 12. The van der Waals surface area contributed by atoms with Gasteiger partial charge < -0.3 is 20.3 Å². The zero-order chi connectivity index (χ0) is 24.9. The molecule has 0 saturated carbocycles. The Morgan fingerprint density at radius 3 is 2.47 bits per heavy atom. The highest BCUT2D eigenvalue weighted by Gasteiger charge is 2.31. The number of carbonyl (C=O) groups excluding carboxylic acids is 1. The van der Waals surface area contributed by atoms with Crippen molar-refractivity contribution >= 4 is 17.1 Å². The second-order valence-corrected chi connectivity index (χ2v) is 11.5. The van der Waals surface area contributed by atoms with Crippen LogP contribution in [0.3, 0.4) is 0 Å². The zero-order valence-corrected chi connectivity index (χ0v) is 22.2. The first kappa shape index (κ1) is 26.9. The molecule has 0 fully saturated rings. The summed E-state index contributed by atoms with van der Waals surface area (Å²) >= 11 is 1.74. The first-order valence-corrected chi connectivity index (χ1v) is 13.3. The van der Waals surface area contributed by atoms with Crippen LogP contribution in [0.1, 0.15) is 76.0 Å². The Labute approximate surface area is 208 Å². The Morgan fingerprint density at radius 1 is 1.18 bits per heavy atom. The number of aryl methyl sites for hydroxylation is 4. The van der Waals surface area contributed by atoms with E-state index in [9.17, 15) is 4.79 Å². The minimum atomic E-state index is -0.320. The number of aliphatic hydroxyl groups is 2. The van der Waals surface area contributed by atoms with Crippen LogP contribution in [0.15, 0.2) is 12.1 Å². The second kappa shape index (κ2) is 11.8. The van der Waals surface area contributed by atoms with E-state index >= 15 is 0 Å². The molecule has 188 valence electrons. The summed E-state index contributed by atoms with van der Waals surface area (Å²) in [6, 6.07) is 3.92. The van der Waals surface area contributed by atoms with Crippen molar-refractivity contribution in [1.82, 2.24) is 5.32 Å². The van der Waals surface area contributed by atoms with Crippen molar-refractivity contribution in [3.05, 3.63) is 49.7 Å². The maximum Gasteiger partial charge on any atom is 0.173 e. The number of hydrogen-bond acceptors (Lipinski definition) is 6. The van der Waals surface area contributed by atoms with Gasteiger partial charge in [0.2, 0.25) is 0 Å². The highest BCUT2D eigenvalue weighted by Crippen LogP contribution is 2.42. The number of fused-ring (bicyclic) bond motifs is 1. The Kier molecular flexibility index (Phi) is 9.33. The number of hydrogen-bond donors (Lipinski definition) is 3. The summed E-state index contributed by atoms with van der Waals surface area (Å²) in [5.41, 5.74) is 6.41. The summed E-state index contributed by atoms with van der Waals surface area (Å²) in [5, 5.41) is 21.3. The van der Waals surface area contributed by atoms with Crippen LogP contribution in [0.25, 0.3) is 0 Å². The van der Waals surface area contributed by atoms with Crippen LogP contribution in [-0.4, -0.2) is 48.4 Å². The van der Waals surface area contributed by atoms with E-state index in [4.69, 9.17) is 14.9 Å². The summed E-state index contributed by atoms with van der Waals surface area (Å²) in [4.78, 5) is 15.6. The van der Waals surface area contributed by atoms with Gasteiger partial charge in [-0.15, -0.1) is 11.3 Å². The summed E-state index contributed by atoms with van der Waals surface area (Å²) in [7, 11) is 0. The van der Waals surface area contributed by atoms with Crippen molar-refractivity contribution in [1.29, 1.82) is 0 Å². The average Bonchev–Trinajstić information content (AvgIpc) is 3.15. The first-order valence-electron chi connectivity index (χ1n) is 12.5. The molecule has 1 aromatic carbocycles. The Morgan fingerprint density at radius 2 is 1.85 bits per heavy atom. The Balaban J connectivity index is 1.62. The molecule has 0 amide bonds. The third kappa shape index (κ3) is 6.48. The van der Waals surface area contributed by atoms with Crippen molar-refractivity contribution in [2.24, 2.45) is 5.41 Å². The van der Waals surface area contributed by atoms with Crippen molar-refractivity contribution in [3.63, 3.8) is 0 Å². The fourth-order valence-electron chi connectivity index (χ4n) is 4.95. The Bertz CT molecular complexity index is 968. The molecule has 3 rings (SSSR count). The largest absolute Gasteiger partial charge is 0.492 e. The lowest BCUT2D eigenvalue weighted by Gasteiger charge is -2.30. The number of benzene rings is 1. The van der Waals surface area contributed by atoms with Crippen LogP contribution in [0.2, 0.25) is 0 Å². The topological polar surface area (TPSA) is 78.8 Å². The van der Waals surface area contributed by atoms with Crippen molar-refractivity contribution in [2.45, 2.75) is 79.2 Å². The van der Waals surface area contributed by atoms with Crippen LogP contribution in [0.5, 0.6) is 5.75 Å². The maximum absolute atomic E-state index is 13.2. The molecule has 1 aromatic heterocycles. The molecule has 0 unspecified atom stereocenters. The van der Waals surface area contributed by atoms with E-state index in [1.165, 1.54) is 16.0 Å². The molecule has 1 heterocycles. The van der Waals surface area contributed by atoms with Gasteiger partial charge in [-0.1, -0.05) is 32.9 Å². The molecule has 6 heteroatoms. The van der Waals surface area contributed by atoms with Gasteiger partial charge in [0.1, 0.15) is 12.4 Å². The number of aliphatic hydroxyl groups excluding tert-OH is 2. The SMILES string of the molecule is CCc1sc(C(=O)CCc2cc(C)c(OCCNC(CO)CO)c(C)c2)c2c1CC(C)(C)CC2. The van der Waals surface area contributed by atoms with Crippen molar-refractivity contribution < 1.29 is 19.7 Å². The lowest BCUT2D eigenvalue weighted by atomic mass is 9.74. The van der Waals surface area contributed by atoms with Gasteiger partial charge in [-0.25, -0.2) is 0 Å². The van der Waals surface area contributed by atoms with E-state index in [2.05, 4.69) is 38.2 Å². The normalized spacial score (nSPS) is 14.9. The number of ether oxygens (including phenoxy) is 1. The monoisotopic (exact) mass is 487 g/mol. The van der Waals surface area contributed by atoms with Crippen molar-refractivity contribution in [3.8, 4) is 5.75 Å². The van der Waals surface area contributed by atoms with Gasteiger partial charge in [0.05, 0.1) is 24.1 Å². The van der Waals surface area contributed by atoms with Gasteiger partial charge in [0.25, 0.3) is 0 Å². The van der Waals surface area contributed by atoms with Crippen LogP contribution < -0.4 is 10.1 Å². The fourth-order valence-corrected chi connectivity index (χ4v) is 6.22. The number of nitrogens with one attached hydrogen (secondary N) is 1. The average molecular weight is 488 g/mol. The van der Waals surface area contributed by atoms with E-state index < -0.39 is 0 Å². The van der Waals surface area contributed by atoms with Gasteiger partial charge in [-0.2, -0.15) is 0 Å². The number of ketones is 1. The number of thiophene rings is 1. The quantitative estimate of drug-likeness (QED) is 0.302. The molecule has 0 bridgehead atoms. The highest BCUT2D eigenvalue weighted by atomic mass is 32.1. The minimum Gasteiger partial charge on any atom is -0.492 e. The summed E-state index contributed by atoms with van der Waals surface area (Å²) in [6.45, 7) is 11.7. The molecule has 1 aliphatic carbocycles. The maximum atomic E-state index is 13.2. The molecule has 0 atom stereocenters. The lowest BCUT2D eigenvalue weighted by molar-refractivity contribution is 0.0985. The summed E-state index contributed by atoms with van der Waals surface area (Å²) < 4.78 is 5.96. The van der Waals surface area contributed by atoms with Crippen LogP contribution >= 0.6 is 11.3 Å². The van der Waals surface area contributed by atoms with E-state index in [1.54, 1.807) is 11.3 Å². The lowest BCUT2D eigenvalue weighted by Crippen LogP contribution is -2.38. The van der Waals surface area contributed by atoms with Crippen LogP contribution in [-0.2, 0) is 25.7 Å². The summed E-state index contributed by atoms with van der Waals surface area (Å²) in [6.07, 6.45) is 5.53. The number of Topliss-reactive ketones (excluding diaryl/α,β-unsaturated/α-hetero) is 1. The molecule has 5 nitrogen and oxygen atoms in total. The number of carbonyl (C=O) groups is 1. The van der Waals surface area contributed by atoms with Gasteiger partial charge >= 0.3 is 0 Å². The highest BCUT2D eigenvalue weighted by molar-refractivity contribution is 7.14. The van der Waals surface area contributed by atoms with Gasteiger partial charge in [0.15, 0.2) is 5.78 Å².